The number of carbonyl (C=O) groups is 4. The van der Waals surface area contributed by atoms with Gasteiger partial charge in [-0.3, -0.25) is 4.79 Å². The van der Waals surface area contributed by atoms with Gasteiger partial charge in [0, 0.05) is 37.3 Å². The number of carbonyl (C=O) groups excluding carboxylic acids is 4. The molecule has 4 aromatic rings. The fourth-order valence-electron chi connectivity index (χ4n) is 5.71. The predicted octanol–water partition coefficient (Wildman–Crippen LogP) is 7.17. The van der Waals surface area contributed by atoms with E-state index in [0.29, 0.717) is 12.8 Å². The highest BCUT2D eigenvalue weighted by Crippen LogP contribution is 2.23. The Morgan fingerprint density at radius 2 is 1.25 bits per heavy atom. The molecule has 5 amide bonds. The van der Waals surface area contributed by atoms with Gasteiger partial charge in [-0.1, -0.05) is 102 Å². The molecule has 4 N–H and O–H groups in total. The Morgan fingerprint density at radius 3 is 1.75 bits per heavy atom. The largest absolute Gasteiger partial charge is 0.444 e. The minimum atomic E-state index is -1.11. The number of hydrogen-bond donors (Lipinski definition) is 4. The molecule has 0 aliphatic carbocycles. The number of benzene rings is 2. The van der Waals surface area contributed by atoms with Crippen LogP contribution < -0.4 is 16.0 Å². The number of amides is 5. The van der Waals surface area contributed by atoms with Gasteiger partial charge in [0.05, 0.1) is 31.9 Å². The van der Waals surface area contributed by atoms with Crippen molar-refractivity contribution in [3.63, 3.8) is 0 Å². The lowest BCUT2D eigenvalue weighted by Crippen LogP contribution is -2.56. The molecule has 13 nitrogen and oxygen atoms in total. The number of rotatable bonds is 18. The van der Waals surface area contributed by atoms with Gasteiger partial charge < -0.3 is 30.5 Å². The third kappa shape index (κ3) is 13.7. The number of thiazole rings is 2. The van der Waals surface area contributed by atoms with Crippen LogP contribution in [0.25, 0.3) is 0 Å². The summed E-state index contributed by atoms with van der Waals surface area (Å²) in [6.07, 6.45) is 1.38. The molecular formula is C41H54N6O7S2. The van der Waals surface area contributed by atoms with Crippen molar-refractivity contribution in [3.8, 4) is 0 Å². The summed E-state index contributed by atoms with van der Waals surface area (Å²) in [4.78, 5) is 64.1. The SMILES string of the molecule is CC(C)c1ncc(COC(=O)N[C@@H](Cc2ccccc2)[C@@H](O)C[C@H](Cc2ccccc2)NC(=O)[C@@H](NC(=O)N(C)C(=O)OCc2cnc(C(C)C)s2)C(C)C)s1. The highest BCUT2D eigenvalue weighted by atomic mass is 32.1. The summed E-state index contributed by atoms with van der Waals surface area (Å²) >= 11 is 2.91. The van der Waals surface area contributed by atoms with Crippen molar-refractivity contribution < 1.29 is 33.8 Å². The number of alkyl carbamates (subject to hydrolysis) is 1. The number of hydrogen-bond acceptors (Lipinski definition) is 11. The minimum Gasteiger partial charge on any atom is -0.444 e. The van der Waals surface area contributed by atoms with Crippen LogP contribution in [0.5, 0.6) is 0 Å². The fourth-order valence-corrected chi connectivity index (χ4v) is 7.38. The molecule has 0 aliphatic heterocycles. The van der Waals surface area contributed by atoms with Crippen molar-refractivity contribution in [2.45, 2.75) is 110 Å². The summed E-state index contributed by atoms with van der Waals surface area (Å²) in [5, 5.41) is 22.2. The van der Waals surface area contributed by atoms with Crippen LogP contribution in [0.3, 0.4) is 0 Å². The molecule has 0 unspecified atom stereocenters. The Bertz CT molecular complexity index is 1850. The molecule has 2 aromatic carbocycles. The molecule has 0 bridgehead atoms. The summed E-state index contributed by atoms with van der Waals surface area (Å²) in [6.45, 7) is 11.7. The minimum absolute atomic E-state index is 0.0392. The standard InChI is InChI=1S/C41H54N6O7S2/c1-25(2)35(46-39(50)47(7)41(52)54-24-32-22-43-38(56-32)27(5)6)36(49)44-30(18-28-14-10-8-11-15-28)20-34(48)33(19-29-16-12-9-13-17-29)45-40(51)53-23-31-21-42-37(55-31)26(3)4/h8-17,21-22,25-27,30,33-35,48H,18-20,23-24H2,1-7H3,(H,44,49)(H,45,51)(H,46,50)/t30-,33-,34-,35-/m0/s1. The number of nitrogens with one attached hydrogen (secondary N) is 3. The van der Waals surface area contributed by atoms with E-state index in [9.17, 15) is 24.3 Å². The first-order valence-corrected chi connectivity index (χ1v) is 20.4. The third-order valence-corrected chi connectivity index (χ3v) is 11.4. The van der Waals surface area contributed by atoms with Gasteiger partial charge in [0.15, 0.2) is 0 Å². The lowest BCUT2D eigenvalue weighted by Gasteiger charge is -2.30. The molecule has 4 atom stereocenters. The van der Waals surface area contributed by atoms with E-state index >= 15 is 0 Å². The van der Waals surface area contributed by atoms with Gasteiger partial charge in [0.25, 0.3) is 0 Å². The number of aliphatic hydroxyl groups is 1. The third-order valence-electron chi connectivity index (χ3n) is 8.88. The van der Waals surface area contributed by atoms with Crippen LogP contribution in [0.1, 0.15) is 90.7 Å². The lowest BCUT2D eigenvalue weighted by atomic mass is 9.93. The van der Waals surface area contributed by atoms with Crippen molar-refractivity contribution in [2.75, 3.05) is 7.05 Å². The van der Waals surface area contributed by atoms with Crippen LogP contribution in [-0.2, 0) is 40.3 Å². The van der Waals surface area contributed by atoms with Gasteiger partial charge in [-0.05, 0) is 36.3 Å². The molecule has 4 rings (SSSR count). The van der Waals surface area contributed by atoms with Crippen molar-refractivity contribution in [1.29, 1.82) is 0 Å². The molecule has 2 heterocycles. The zero-order chi connectivity index (χ0) is 40.8. The molecule has 56 heavy (non-hydrogen) atoms. The first-order chi connectivity index (χ1) is 26.7. The summed E-state index contributed by atoms with van der Waals surface area (Å²) in [5.74, 6) is -0.365. The van der Waals surface area contributed by atoms with Crippen LogP contribution in [0.2, 0.25) is 0 Å². The average molecular weight is 807 g/mol. The van der Waals surface area contributed by atoms with Crippen LogP contribution in [0.4, 0.5) is 14.4 Å². The van der Waals surface area contributed by atoms with E-state index < -0.39 is 48.4 Å². The quantitative estimate of drug-likeness (QED) is 0.0814. The smallest absolute Gasteiger partial charge is 0.418 e. The number of aliphatic hydroxyl groups excluding tert-OH is 1. The van der Waals surface area contributed by atoms with Gasteiger partial charge in [-0.2, -0.15) is 0 Å². The second-order valence-electron chi connectivity index (χ2n) is 14.6. The Morgan fingerprint density at radius 1 is 0.732 bits per heavy atom. The zero-order valence-corrected chi connectivity index (χ0v) is 34.7. The molecule has 15 heteroatoms. The molecule has 302 valence electrons. The molecule has 0 saturated heterocycles. The van der Waals surface area contributed by atoms with E-state index in [4.69, 9.17) is 9.47 Å². The van der Waals surface area contributed by atoms with Gasteiger partial charge in [-0.15, -0.1) is 22.7 Å². The van der Waals surface area contributed by atoms with Crippen LogP contribution in [0.15, 0.2) is 73.1 Å². The maximum Gasteiger partial charge on any atom is 0.418 e. The van der Waals surface area contributed by atoms with E-state index in [2.05, 4.69) is 25.9 Å². The summed E-state index contributed by atoms with van der Waals surface area (Å²) in [6, 6.07) is 15.8. The van der Waals surface area contributed by atoms with E-state index in [0.717, 1.165) is 35.8 Å². The zero-order valence-electron chi connectivity index (χ0n) is 33.1. The van der Waals surface area contributed by atoms with Gasteiger partial charge in [0.1, 0.15) is 19.3 Å². The Kier molecular flexibility index (Phi) is 16.8. The average Bonchev–Trinajstić information content (AvgIpc) is 3.86. The number of ether oxygens (including phenoxy) is 2. The predicted molar refractivity (Wildman–Crippen MR) is 217 cm³/mol. The van der Waals surface area contributed by atoms with Crippen molar-refractivity contribution in [2.24, 2.45) is 5.92 Å². The first-order valence-electron chi connectivity index (χ1n) is 18.8. The van der Waals surface area contributed by atoms with Crippen LogP contribution in [-0.4, -0.2) is 75.4 Å². The van der Waals surface area contributed by atoms with Crippen LogP contribution in [0, 0.1) is 5.92 Å². The highest BCUT2D eigenvalue weighted by molar-refractivity contribution is 7.11. The monoisotopic (exact) mass is 806 g/mol. The number of imide groups is 1. The normalized spacial score (nSPS) is 13.5. The van der Waals surface area contributed by atoms with Crippen molar-refractivity contribution in [1.82, 2.24) is 30.8 Å². The van der Waals surface area contributed by atoms with Gasteiger partial charge in [-0.25, -0.2) is 29.3 Å². The van der Waals surface area contributed by atoms with Crippen molar-refractivity contribution in [3.05, 3.63) is 104 Å². The van der Waals surface area contributed by atoms with E-state index in [1.807, 2.05) is 88.4 Å². The topological polar surface area (TPSA) is 172 Å². The Balaban J connectivity index is 1.44. The van der Waals surface area contributed by atoms with Crippen LogP contribution >= 0.6 is 22.7 Å². The molecule has 0 aliphatic rings. The lowest BCUT2D eigenvalue weighted by molar-refractivity contribution is -0.124. The molecule has 0 saturated carbocycles. The van der Waals surface area contributed by atoms with Gasteiger partial charge >= 0.3 is 18.2 Å². The van der Waals surface area contributed by atoms with Crippen molar-refractivity contribution >= 4 is 46.8 Å². The number of urea groups is 1. The second kappa shape index (κ2) is 21.4. The molecule has 0 fully saturated rings. The summed E-state index contributed by atoms with van der Waals surface area (Å²) in [7, 11) is 1.28. The summed E-state index contributed by atoms with van der Waals surface area (Å²) < 4.78 is 10.9. The highest BCUT2D eigenvalue weighted by Gasteiger charge is 2.32. The molecule has 0 radical (unpaired) electrons. The molecule has 0 spiro atoms. The first kappa shape index (κ1) is 43.9. The molecular weight excluding hydrogens is 753 g/mol. The van der Waals surface area contributed by atoms with E-state index in [-0.39, 0.29) is 37.4 Å². The number of nitrogens with zero attached hydrogens (tertiary/aromatic N) is 3. The maximum absolute atomic E-state index is 13.9. The summed E-state index contributed by atoms with van der Waals surface area (Å²) in [5.41, 5.74) is 1.80. The second-order valence-corrected chi connectivity index (χ2v) is 16.9. The molecule has 2 aromatic heterocycles. The maximum atomic E-state index is 13.9. The number of aromatic nitrogens is 2. The Labute approximate surface area is 337 Å². The van der Waals surface area contributed by atoms with E-state index in [1.165, 1.54) is 29.7 Å². The Hall–Kier alpha value is -4.86. The van der Waals surface area contributed by atoms with Gasteiger partial charge in [0.2, 0.25) is 5.91 Å². The van der Waals surface area contributed by atoms with E-state index in [1.54, 1.807) is 26.2 Å². The fraction of sp³-hybridized carbons (Fsp3) is 0.463.